The lowest BCUT2D eigenvalue weighted by Gasteiger charge is -2.14. The Bertz CT molecular complexity index is 1600. The SMILES string of the molecule is Cc1c(C(=O)Nc2ccccc2N=C2C(=O)Nc3ccc(Br)cc32)c(=O)n(C)c2ccccc12. The van der Waals surface area contributed by atoms with E-state index in [1.807, 2.05) is 36.4 Å². The van der Waals surface area contributed by atoms with Crippen LogP contribution in [-0.4, -0.2) is 22.1 Å². The maximum absolute atomic E-state index is 13.3. The molecule has 0 bridgehead atoms. The second kappa shape index (κ2) is 8.39. The molecule has 0 aliphatic carbocycles. The van der Waals surface area contributed by atoms with Crippen molar-refractivity contribution < 1.29 is 9.59 Å². The molecule has 2 amide bonds. The third kappa shape index (κ3) is 3.62. The summed E-state index contributed by atoms with van der Waals surface area (Å²) in [5, 5.41) is 6.45. The van der Waals surface area contributed by atoms with Gasteiger partial charge in [-0.05, 0) is 48.9 Å². The number of hydrogen-bond acceptors (Lipinski definition) is 4. The average Bonchev–Trinajstić information content (AvgIpc) is 3.13. The molecule has 3 aromatic carbocycles. The Labute approximate surface area is 203 Å². The van der Waals surface area contributed by atoms with Gasteiger partial charge in [0, 0.05) is 22.5 Å². The predicted octanol–water partition coefficient (Wildman–Crippen LogP) is 4.93. The second-order valence-corrected chi connectivity index (χ2v) is 8.87. The van der Waals surface area contributed by atoms with E-state index in [9.17, 15) is 14.4 Å². The van der Waals surface area contributed by atoms with Crippen molar-refractivity contribution >= 4 is 61.4 Å². The molecule has 0 spiro atoms. The summed E-state index contributed by atoms with van der Waals surface area (Å²) in [6.07, 6.45) is 0. The van der Waals surface area contributed by atoms with Crippen molar-refractivity contribution in [3.63, 3.8) is 0 Å². The highest BCUT2D eigenvalue weighted by Crippen LogP contribution is 2.31. The Hall–Kier alpha value is -4.04. The van der Waals surface area contributed by atoms with Crippen molar-refractivity contribution in [1.29, 1.82) is 0 Å². The minimum atomic E-state index is -0.532. The molecule has 5 rings (SSSR count). The Kier molecular flexibility index (Phi) is 5.37. The third-order valence-electron chi connectivity index (χ3n) is 5.87. The molecule has 1 aliphatic heterocycles. The van der Waals surface area contributed by atoms with Crippen LogP contribution < -0.4 is 16.2 Å². The largest absolute Gasteiger partial charge is 0.320 e. The highest BCUT2D eigenvalue weighted by atomic mass is 79.9. The van der Waals surface area contributed by atoms with E-state index in [2.05, 4.69) is 31.6 Å². The van der Waals surface area contributed by atoms with Crippen LogP contribution in [0.2, 0.25) is 0 Å². The number of hydrogen-bond donors (Lipinski definition) is 2. The summed E-state index contributed by atoms with van der Waals surface area (Å²) < 4.78 is 2.29. The van der Waals surface area contributed by atoms with E-state index in [1.54, 1.807) is 44.3 Å². The van der Waals surface area contributed by atoms with Gasteiger partial charge >= 0.3 is 0 Å². The average molecular weight is 515 g/mol. The van der Waals surface area contributed by atoms with Crippen LogP contribution in [0.15, 0.2) is 81.0 Å². The fourth-order valence-corrected chi connectivity index (χ4v) is 4.50. The number of fused-ring (bicyclic) bond motifs is 2. The number of benzene rings is 3. The van der Waals surface area contributed by atoms with E-state index in [4.69, 9.17) is 0 Å². The van der Waals surface area contributed by atoms with Crippen LogP contribution in [0.4, 0.5) is 17.1 Å². The first kappa shape index (κ1) is 21.8. The van der Waals surface area contributed by atoms with Crippen molar-refractivity contribution in [1.82, 2.24) is 4.57 Å². The van der Waals surface area contributed by atoms with Crippen molar-refractivity contribution in [2.45, 2.75) is 6.92 Å². The Morgan fingerprint density at radius 3 is 2.59 bits per heavy atom. The predicted molar refractivity (Wildman–Crippen MR) is 137 cm³/mol. The third-order valence-corrected chi connectivity index (χ3v) is 6.37. The lowest BCUT2D eigenvalue weighted by molar-refractivity contribution is -0.110. The number of aromatic nitrogens is 1. The van der Waals surface area contributed by atoms with Gasteiger partial charge in [0.15, 0.2) is 0 Å². The number of aliphatic imine (C=N–C) groups is 1. The number of aryl methyl sites for hydroxylation is 2. The van der Waals surface area contributed by atoms with Crippen LogP contribution in [0.3, 0.4) is 0 Å². The molecule has 0 saturated carbocycles. The Morgan fingerprint density at radius 2 is 1.76 bits per heavy atom. The first-order valence-electron chi connectivity index (χ1n) is 10.5. The molecule has 0 atom stereocenters. The van der Waals surface area contributed by atoms with Gasteiger partial charge in [0.2, 0.25) is 0 Å². The number of para-hydroxylation sites is 3. The maximum Gasteiger partial charge on any atom is 0.275 e. The van der Waals surface area contributed by atoms with E-state index >= 15 is 0 Å². The molecule has 0 fully saturated rings. The van der Waals surface area contributed by atoms with Crippen LogP contribution in [0, 0.1) is 6.92 Å². The molecular formula is C26H19BrN4O3. The number of anilines is 2. The van der Waals surface area contributed by atoms with Gasteiger partial charge in [0.1, 0.15) is 11.3 Å². The van der Waals surface area contributed by atoms with Crippen molar-refractivity contribution in [2.75, 3.05) is 10.6 Å². The first-order chi connectivity index (χ1) is 16.3. The molecule has 1 aromatic heterocycles. The van der Waals surface area contributed by atoms with Gasteiger partial charge in [-0.3, -0.25) is 14.4 Å². The van der Waals surface area contributed by atoms with E-state index in [-0.39, 0.29) is 22.7 Å². The van der Waals surface area contributed by atoms with Crippen LogP contribution in [-0.2, 0) is 11.8 Å². The molecule has 2 N–H and O–H groups in total. The summed E-state index contributed by atoms with van der Waals surface area (Å²) in [6, 6.07) is 19.8. The molecule has 4 aromatic rings. The zero-order chi connectivity index (χ0) is 24.0. The summed E-state index contributed by atoms with van der Waals surface area (Å²) in [4.78, 5) is 43.4. The number of nitrogens with zero attached hydrogens (tertiary/aromatic N) is 2. The molecule has 2 heterocycles. The normalized spacial score (nSPS) is 13.7. The maximum atomic E-state index is 13.3. The molecule has 1 aliphatic rings. The molecular weight excluding hydrogens is 496 g/mol. The number of carbonyl (C=O) groups excluding carboxylic acids is 2. The van der Waals surface area contributed by atoms with Gasteiger partial charge < -0.3 is 15.2 Å². The quantitative estimate of drug-likeness (QED) is 0.405. The van der Waals surface area contributed by atoms with E-state index in [1.165, 1.54) is 4.57 Å². The van der Waals surface area contributed by atoms with E-state index < -0.39 is 5.91 Å². The van der Waals surface area contributed by atoms with Gasteiger partial charge in [-0.15, -0.1) is 0 Å². The van der Waals surface area contributed by atoms with Crippen LogP contribution in [0.1, 0.15) is 21.5 Å². The molecule has 7 nitrogen and oxygen atoms in total. The summed E-state index contributed by atoms with van der Waals surface area (Å²) in [6.45, 7) is 1.77. The summed E-state index contributed by atoms with van der Waals surface area (Å²) in [5.41, 5.74) is 3.43. The molecule has 0 unspecified atom stereocenters. The molecule has 34 heavy (non-hydrogen) atoms. The fourth-order valence-electron chi connectivity index (χ4n) is 4.14. The van der Waals surface area contributed by atoms with E-state index in [0.717, 1.165) is 15.4 Å². The fraction of sp³-hybridized carbons (Fsp3) is 0.0769. The lowest BCUT2D eigenvalue weighted by atomic mass is 10.0. The Morgan fingerprint density at radius 1 is 1.03 bits per heavy atom. The topological polar surface area (TPSA) is 92.6 Å². The van der Waals surface area contributed by atoms with Gasteiger partial charge in [0.25, 0.3) is 17.4 Å². The van der Waals surface area contributed by atoms with Crippen molar-refractivity contribution in [3.8, 4) is 0 Å². The summed E-state index contributed by atoms with van der Waals surface area (Å²) >= 11 is 3.42. The lowest BCUT2D eigenvalue weighted by Crippen LogP contribution is -2.29. The zero-order valence-electron chi connectivity index (χ0n) is 18.3. The molecule has 168 valence electrons. The Balaban J connectivity index is 1.56. The standard InChI is InChI=1S/C26H19BrN4O3/c1-14-16-7-3-6-10-21(16)31(2)26(34)22(14)24(32)30-20-9-5-4-8-19(20)28-23-17-13-15(27)11-12-18(17)29-25(23)33/h3-13H,1-2H3,(H,30,32)(H,28,29,33). The monoisotopic (exact) mass is 514 g/mol. The number of amides is 2. The number of nitrogens with one attached hydrogen (secondary N) is 2. The van der Waals surface area contributed by atoms with E-state index in [0.29, 0.717) is 28.2 Å². The smallest absolute Gasteiger partial charge is 0.275 e. The summed E-state index contributed by atoms with van der Waals surface area (Å²) in [5.74, 6) is -0.857. The number of carbonyl (C=O) groups is 2. The minimum Gasteiger partial charge on any atom is -0.320 e. The molecule has 0 saturated heterocycles. The number of pyridine rings is 1. The summed E-state index contributed by atoms with van der Waals surface area (Å²) in [7, 11) is 1.65. The van der Waals surface area contributed by atoms with Crippen molar-refractivity contribution in [3.05, 3.63) is 98.2 Å². The molecule has 0 radical (unpaired) electrons. The van der Waals surface area contributed by atoms with Crippen molar-refractivity contribution in [2.24, 2.45) is 12.0 Å². The number of halogens is 1. The van der Waals surface area contributed by atoms with Gasteiger partial charge in [-0.1, -0.05) is 46.3 Å². The van der Waals surface area contributed by atoms with Crippen LogP contribution >= 0.6 is 15.9 Å². The highest BCUT2D eigenvalue weighted by molar-refractivity contribution is 9.10. The minimum absolute atomic E-state index is 0.0662. The van der Waals surface area contributed by atoms with Crippen LogP contribution in [0.25, 0.3) is 10.9 Å². The second-order valence-electron chi connectivity index (χ2n) is 7.96. The first-order valence-corrected chi connectivity index (χ1v) is 11.3. The highest BCUT2D eigenvalue weighted by Gasteiger charge is 2.27. The van der Waals surface area contributed by atoms with Gasteiger partial charge in [0.05, 0.1) is 22.6 Å². The van der Waals surface area contributed by atoms with Gasteiger partial charge in [-0.25, -0.2) is 4.99 Å². The van der Waals surface area contributed by atoms with Crippen LogP contribution in [0.5, 0.6) is 0 Å². The van der Waals surface area contributed by atoms with Gasteiger partial charge in [-0.2, -0.15) is 0 Å². The number of rotatable bonds is 3. The molecule has 8 heteroatoms. The zero-order valence-corrected chi connectivity index (χ0v) is 19.9.